The Labute approximate surface area is 275 Å². The van der Waals surface area contributed by atoms with E-state index >= 15 is 0 Å². The predicted octanol–water partition coefficient (Wildman–Crippen LogP) is 2.24. The highest BCUT2D eigenvalue weighted by Crippen LogP contribution is 2.40. The number of nitrogens with zero attached hydrogens (tertiary/aromatic N) is 3. The molecule has 1 spiro atoms. The van der Waals surface area contributed by atoms with Gasteiger partial charge in [-0.1, -0.05) is 75.7 Å². The minimum absolute atomic E-state index is 0.0401. The molecule has 252 valence electrons. The van der Waals surface area contributed by atoms with Crippen molar-refractivity contribution >= 4 is 29.3 Å². The number of carbonyl (C=O) groups excluding carboxylic acids is 4. The van der Waals surface area contributed by atoms with Crippen LogP contribution >= 0.6 is 0 Å². The Hall–Kier alpha value is -4.32. The molecule has 1 aliphatic carbocycles. The van der Waals surface area contributed by atoms with Gasteiger partial charge >= 0.3 is 0 Å². The smallest absolute Gasteiger partial charge is 0.251 e. The molecule has 5 atom stereocenters. The summed E-state index contributed by atoms with van der Waals surface area (Å²) in [5.74, 6) is -1.80. The molecule has 4 amide bonds. The number of hydrogen-bond donors (Lipinski definition) is 4. The zero-order valence-corrected chi connectivity index (χ0v) is 27.6. The van der Waals surface area contributed by atoms with Gasteiger partial charge in [-0.15, -0.1) is 0 Å². The molecule has 1 saturated carbocycles. The van der Waals surface area contributed by atoms with Gasteiger partial charge in [0.15, 0.2) is 11.7 Å². The second-order valence-corrected chi connectivity index (χ2v) is 14.1. The summed E-state index contributed by atoms with van der Waals surface area (Å²) in [6.07, 6.45) is 5.06. The number of hydrogen-bond acceptors (Lipinski definition) is 8. The number of oxime groups is 1. The summed E-state index contributed by atoms with van der Waals surface area (Å²) in [4.78, 5) is 66.1. The third-order valence-electron chi connectivity index (χ3n) is 8.94. The Balaban J connectivity index is 1.39. The van der Waals surface area contributed by atoms with Gasteiger partial charge in [-0.3, -0.25) is 24.2 Å². The van der Waals surface area contributed by atoms with Crippen LogP contribution in [0.25, 0.3) is 0 Å². The van der Waals surface area contributed by atoms with Gasteiger partial charge in [0, 0.05) is 31.3 Å². The molecule has 0 radical (unpaired) electrons. The first-order chi connectivity index (χ1) is 22.4. The molecule has 12 nitrogen and oxygen atoms in total. The average Bonchev–Trinajstić information content (AvgIpc) is 3.64. The zero-order valence-electron chi connectivity index (χ0n) is 27.6. The number of amides is 4. The quantitative estimate of drug-likeness (QED) is 0.275. The molecule has 2 fully saturated rings. The van der Waals surface area contributed by atoms with E-state index in [1.54, 1.807) is 24.5 Å². The molecule has 2 unspecified atom stereocenters. The molecule has 2 aliphatic heterocycles. The van der Waals surface area contributed by atoms with Crippen LogP contribution < -0.4 is 16.0 Å². The predicted molar refractivity (Wildman–Crippen MR) is 175 cm³/mol. The van der Waals surface area contributed by atoms with Gasteiger partial charge in [-0.25, -0.2) is 0 Å². The highest BCUT2D eigenvalue weighted by molar-refractivity contribution is 6.02. The molecule has 1 aromatic heterocycles. The van der Waals surface area contributed by atoms with E-state index in [-0.39, 0.29) is 31.3 Å². The van der Waals surface area contributed by atoms with E-state index in [0.717, 1.165) is 18.4 Å². The van der Waals surface area contributed by atoms with Crippen molar-refractivity contribution in [3.63, 3.8) is 0 Å². The van der Waals surface area contributed by atoms with Crippen LogP contribution in [0.15, 0.2) is 60.0 Å². The molecule has 4 N–H and O–H groups in total. The van der Waals surface area contributed by atoms with Crippen LogP contribution in [0.1, 0.15) is 77.3 Å². The fourth-order valence-corrected chi connectivity index (χ4v) is 6.23. The summed E-state index contributed by atoms with van der Waals surface area (Å²) in [6, 6.07) is 10.4. The summed E-state index contributed by atoms with van der Waals surface area (Å²) in [5.41, 5.74) is 0.638. The summed E-state index contributed by atoms with van der Waals surface area (Å²) in [5, 5.41) is 23.9. The Kier molecular flexibility index (Phi) is 10.3. The second kappa shape index (κ2) is 14.2. The van der Waals surface area contributed by atoms with Crippen LogP contribution in [-0.4, -0.2) is 86.7 Å². The number of benzene rings is 1. The second-order valence-electron chi connectivity index (χ2n) is 14.1. The summed E-state index contributed by atoms with van der Waals surface area (Å²) in [7, 11) is 0. The largest absolute Gasteiger partial charge is 0.387 e. The molecule has 5 rings (SSSR count). The van der Waals surface area contributed by atoms with E-state index in [1.807, 2.05) is 58.0 Å². The summed E-state index contributed by atoms with van der Waals surface area (Å²) in [6.45, 7) is 7.54. The van der Waals surface area contributed by atoms with E-state index in [1.165, 1.54) is 4.90 Å². The van der Waals surface area contributed by atoms with Crippen LogP contribution in [-0.2, 0) is 30.4 Å². The topological polar surface area (TPSA) is 162 Å². The molecule has 1 aromatic carbocycles. The van der Waals surface area contributed by atoms with Gasteiger partial charge in [0.1, 0.15) is 12.1 Å². The normalized spacial score (nSPS) is 22.5. The van der Waals surface area contributed by atoms with Crippen molar-refractivity contribution in [2.24, 2.45) is 10.6 Å². The molecule has 3 aliphatic rings. The summed E-state index contributed by atoms with van der Waals surface area (Å²) >= 11 is 0. The Bertz CT molecular complexity index is 1470. The number of aliphatic hydroxyl groups excluding tert-OH is 1. The van der Waals surface area contributed by atoms with Gasteiger partial charge in [0.2, 0.25) is 17.7 Å². The third kappa shape index (κ3) is 8.34. The van der Waals surface area contributed by atoms with Gasteiger partial charge in [0.25, 0.3) is 5.91 Å². The number of pyridine rings is 1. The SMILES string of the molecule is CCC[C@H](NC(=O)[C@@H]1CC2(CC(c3ccccc3)=NO2)CN1C(=O)[C@@H](NC(=O)Cc1cccnc1)C(C)(C)C)C(O)C(=O)NC1CC1. The summed E-state index contributed by atoms with van der Waals surface area (Å²) < 4.78 is 0. The molecular formula is C35H46N6O6. The Morgan fingerprint density at radius 2 is 1.83 bits per heavy atom. The first-order valence-electron chi connectivity index (χ1n) is 16.5. The fraction of sp³-hybridized carbons (Fsp3) is 0.543. The lowest BCUT2D eigenvalue weighted by Gasteiger charge is -2.36. The van der Waals surface area contributed by atoms with Crippen LogP contribution in [0, 0.1) is 5.41 Å². The average molecular weight is 647 g/mol. The highest BCUT2D eigenvalue weighted by atomic mass is 16.7. The van der Waals surface area contributed by atoms with Crippen molar-refractivity contribution in [3.8, 4) is 0 Å². The van der Waals surface area contributed by atoms with Crippen molar-refractivity contribution in [2.45, 2.75) is 109 Å². The molecule has 2 aromatic rings. The lowest BCUT2D eigenvalue weighted by atomic mass is 9.85. The standard InChI is InChI=1S/C35H46N6O6/c1-5-10-25(29(43)32(45)37-24-14-15-24)38-31(44)27-19-35(18-26(40-47-35)23-12-7-6-8-13-23)21-41(27)33(46)30(34(2,3)4)39-28(42)17-22-11-9-16-36-20-22/h6-9,11-13,16,20,24-25,27,29-30,43H,5,10,14-15,17-19,21H2,1-4H3,(H,37,45)(H,38,44)(H,39,42)/t25-,27-,29?,30+,35?/m0/s1. The molecule has 3 heterocycles. The zero-order chi connectivity index (χ0) is 33.8. The van der Waals surface area contributed by atoms with Gasteiger partial charge < -0.3 is 30.8 Å². The lowest BCUT2D eigenvalue weighted by molar-refractivity contribution is -0.145. The molecular weight excluding hydrogens is 600 g/mol. The number of rotatable bonds is 12. The maximum absolute atomic E-state index is 14.5. The first kappa shape index (κ1) is 34.0. The molecule has 47 heavy (non-hydrogen) atoms. The lowest BCUT2D eigenvalue weighted by Crippen LogP contribution is -2.59. The fourth-order valence-electron chi connectivity index (χ4n) is 6.23. The van der Waals surface area contributed by atoms with E-state index < -0.39 is 53.0 Å². The van der Waals surface area contributed by atoms with E-state index in [9.17, 15) is 24.3 Å². The Morgan fingerprint density at radius 1 is 1.09 bits per heavy atom. The third-order valence-corrected chi connectivity index (χ3v) is 8.94. The van der Waals surface area contributed by atoms with E-state index in [2.05, 4.69) is 26.1 Å². The van der Waals surface area contributed by atoms with Gasteiger partial charge in [-0.05, 0) is 41.9 Å². The van der Waals surface area contributed by atoms with Crippen molar-refractivity contribution in [1.29, 1.82) is 0 Å². The van der Waals surface area contributed by atoms with Gasteiger partial charge in [-0.2, -0.15) is 0 Å². The minimum atomic E-state index is -1.44. The molecule has 0 bridgehead atoms. The van der Waals surface area contributed by atoms with E-state index in [4.69, 9.17) is 4.84 Å². The van der Waals surface area contributed by atoms with Crippen LogP contribution in [0.4, 0.5) is 0 Å². The maximum Gasteiger partial charge on any atom is 0.251 e. The minimum Gasteiger partial charge on any atom is -0.387 e. The molecule has 12 heteroatoms. The monoisotopic (exact) mass is 646 g/mol. The maximum atomic E-state index is 14.5. The van der Waals surface area contributed by atoms with Crippen molar-refractivity contribution in [2.75, 3.05) is 6.54 Å². The molecule has 1 saturated heterocycles. The van der Waals surface area contributed by atoms with Crippen molar-refractivity contribution < 1.29 is 29.1 Å². The van der Waals surface area contributed by atoms with Crippen LogP contribution in [0.5, 0.6) is 0 Å². The van der Waals surface area contributed by atoms with Gasteiger partial charge in [0.05, 0.1) is 24.7 Å². The number of aromatic nitrogens is 1. The first-order valence-corrected chi connectivity index (χ1v) is 16.5. The number of carbonyl (C=O) groups is 4. The number of likely N-dealkylation sites (tertiary alicyclic amines) is 1. The van der Waals surface area contributed by atoms with E-state index in [0.29, 0.717) is 30.5 Å². The number of nitrogens with one attached hydrogen (secondary N) is 3. The van der Waals surface area contributed by atoms with Crippen molar-refractivity contribution in [3.05, 3.63) is 66.0 Å². The van der Waals surface area contributed by atoms with Crippen LogP contribution in [0.2, 0.25) is 0 Å². The van der Waals surface area contributed by atoms with Crippen LogP contribution in [0.3, 0.4) is 0 Å². The number of aliphatic hydroxyl groups is 1. The van der Waals surface area contributed by atoms with Crippen molar-refractivity contribution in [1.82, 2.24) is 25.8 Å². The Morgan fingerprint density at radius 3 is 2.47 bits per heavy atom. The highest BCUT2D eigenvalue weighted by Gasteiger charge is 2.55.